The molecule has 8 aliphatic heterocycles. The predicted molar refractivity (Wildman–Crippen MR) is 226 cm³/mol. The van der Waals surface area contributed by atoms with Crippen molar-refractivity contribution in [1.29, 1.82) is 0 Å². The molecular weight excluding hydrogens is 737 g/mol. The van der Waals surface area contributed by atoms with Crippen LogP contribution in [0.1, 0.15) is 132 Å². The fourth-order valence-electron chi connectivity index (χ4n) is 12.1. The molecule has 0 aromatic rings. The monoisotopic (exact) mass is 817 g/mol. The van der Waals surface area contributed by atoms with Crippen LogP contribution in [0.4, 0.5) is 0 Å². The summed E-state index contributed by atoms with van der Waals surface area (Å²) in [5.41, 5.74) is 2.43. The molecule has 0 amide bonds. The van der Waals surface area contributed by atoms with Gasteiger partial charge >= 0.3 is 0 Å². The highest BCUT2D eigenvalue weighted by Crippen LogP contribution is 2.54. The summed E-state index contributed by atoms with van der Waals surface area (Å²) in [6.07, 6.45) is 11.4. The first-order valence-corrected chi connectivity index (χ1v) is 26.1. The minimum atomic E-state index is -1.59. The lowest BCUT2D eigenvalue weighted by Crippen LogP contribution is -2.54. The summed E-state index contributed by atoms with van der Waals surface area (Å²) >= 11 is 0. The molecule has 0 aromatic carbocycles. The lowest BCUT2D eigenvalue weighted by atomic mass is 9.80. The van der Waals surface area contributed by atoms with Gasteiger partial charge in [-0.15, -0.1) is 0 Å². The summed E-state index contributed by atoms with van der Waals surface area (Å²) < 4.78 is 54.0. The highest BCUT2D eigenvalue weighted by Gasteiger charge is 2.67. The van der Waals surface area contributed by atoms with Crippen molar-refractivity contribution in [3.8, 4) is 0 Å². The SMILES string of the molecule is C=C1C[C@H](CC[C@@]23C[C@H]4O[C@@H]5[C@@H](O[C@@H](CCCO)[C@H](C)[C@@H]5O2)[C@H]4O3)OC1CC[C@H]1C[C@@H](C)C(=C)C(C[C@@H]2O[C@H](C[C@H](C)CO[Si](CC)(CC)CC)[C@H](C)[C@H]2CC)O1. The molecule has 57 heavy (non-hydrogen) atoms. The van der Waals surface area contributed by atoms with Crippen molar-refractivity contribution in [2.24, 2.45) is 29.6 Å². The van der Waals surface area contributed by atoms with Crippen LogP contribution in [0, 0.1) is 29.6 Å². The second kappa shape index (κ2) is 18.8. The maximum Gasteiger partial charge on any atom is 0.191 e. The molecule has 0 radical (unpaired) electrons. The van der Waals surface area contributed by atoms with E-state index in [0.717, 1.165) is 83.7 Å². The van der Waals surface area contributed by atoms with E-state index in [1.54, 1.807) is 0 Å². The van der Waals surface area contributed by atoms with Gasteiger partial charge in [-0.05, 0) is 104 Å². The van der Waals surface area contributed by atoms with Crippen molar-refractivity contribution >= 4 is 8.32 Å². The summed E-state index contributed by atoms with van der Waals surface area (Å²) in [5, 5.41) is 9.46. The molecule has 0 aliphatic carbocycles. The van der Waals surface area contributed by atoms with Crippen LogP contribution in [-0.4, -0.2) is 106 Å². The topological polar surface area (TPSA) is 94.1 Å². The van der Waals surface area contributed by atoms with Crippen molar-refractivity contribution in [1.82, 2.24) is 0 Å². The average molecular weight is 817 g/mol. The zero-order valence-electron chi connectivity index (χ0n) is 37.0. The Bertz CT molecular complexity index is 1350. The summed E-state index contributed by atoms with van der Waals surface area (Å²) in [6, 6.07) is 3.60. The molecule has 9 nitrogen and oxygen atoms in total. The molecular formula is C47H80O9Si. The van der Waals surface area contributed by atoms with Crippen LogP contribution in [0.5, 0.6) is 0 Å². The number of aliphatic hydroxyl groups excluding tert-OH is 1. The van der Waals surface area contributed by atoms with E-state index in [9.17, 15) is 5.11 Å². The van der Waals surface area contributed by atoms with Gasteiger partial charge in [-0.25, -0.2) is 0 Å². The van der Waals surface area contributed by atoms with Gasteiger partial charge in [0.05, 0.1) is 54.9 Å². The predicted octanol–water partition coefficient (Wildman–Crippen LogP) is 9.31. The normalized spacial score (nSPS) is 44.6. The molecule has 6 bridgehead atoms. The highest BCUT2D eigenvalue weighted by atomic mass is 28.4. The Balaban J connectivity index is 0.884. The van der Waals surface area contributed by atoms with Crippen LogP contribution in [-0.2, 0) is 37.6 Å². The van der Waals surface area contributed by atoms with Gasteiger partial charge in [0, 0.05) is 38.4 Å². The van der Waals surface area contributed by atoms with Gasteiger partial charge in [-0.3, -0.25) is 0 Å². The van der Waals surface area contributed by atoms with Gasteiger partial charge in [0.25, 0.3) is 0 Å². The molecule has 18 atom stereocenters. The van der Waals surface area contributed by atoms with E-state index in [0.29, 0.717) is 23.7 Å². The quantitative estimate of drug-likeness (QED) is 0.0954. The number of ether oxygens (including phenoxy) is 7. The number of aliphatic hydroxyl groups is 1. The fraction of sp³-hybridized carbons (Fsp3) is 0.915. The van der Waals surface area contributed by atoms with Crippen LogP contribution >= 0.6 is 0 Å². The van der Waals surface area contributed by atoms with Crippen molar-refractivity contribution in [3.05, 3.63) is 24.3 Å². The van der Waals surface area contributed by atoms with Crippen molar-refractivity contribution in [2.45, 2.75) is 230 Å². The first-order valence-electron chi connectivity index (χ1n) is 23.6. The molecule has 0 aromatic heterocycles. The number of rotatable bonds is 20. The third-order valence-electron chi connectivity index (χ3n) is 16.1. The van der Waals surface area contributed by atoms with Crippen LogP contribution in [0.3, 0.4) is 0 Å². The maximum absolute atomic E-state index is 9.46. The number of hydrogen-bond donors (Lipinski definition) is 1. The lowest BCUT2D eigenvalue weighted by Gasteiger charge is -2.42. The zero-order chi connectivity index (χ0) is 40.6. The van der Waals surface area contributed by atoms with E-state index in [2.05, 4.69) is 68.5 Å². The Kier molecular flexibility index (Phi) is 14.6. The second-order valence-electron chi connectivity index (χ2n) is 19.7. The van der Waals surface area contributed by atoms with Gasteiger partial charge in [0.2, 0.25) is 0 Å². The van der Waals surface area contributed by atoms with Crippen molar-refractivity contribution in [3.63, 3.8) is 0 Å². The standard InChI is InChI=1S/C47H80O9Si/c1-11-36-32(9)39(22-28(5)27-49-57(12-2,13-3)14-4)52-41(36)25-40-31(8)29(6)23-34(51-40)17-18-37-30(7)24-35(50-37)19-20-47-26-42-44(56-47)46-45(54-42)43(55-47)33(10)38(53-46)16-15-21-48/h28-29,32-46,48H,7-8,11-27H2,1-6,9-10H3/t28-,29+,32+,33-,34-,35-,36+,37?,38-,39+,40?,41-,42+,43-,44-,45-,46-,47+/m0/s1. The third kappa shape index (κ3) is 9.27. The van der Waals surface area contributed by atoms with Crippen LogP contribution in [0.15, 0.2) is 24.3 Å². The van der Waals surface area contributed by atoms with Crippen molar-refractivity contribution < 1.29 is 42.7 Å². The summed E-state index contributed by atoms with van der Waals surface area (Å²) in [6.45, 7) is 28.7. The zero-order valence-corrected chi connectivity index (χ0v) is 38.0. The highest BCUT2D eigenvalue weighted by molar-refractivity contribution is 6.73. The van der Waals surface area contributed by atoms with Gasteiger partial charge in [0.15, 0.2) is 14.1 Å². The van der Waals surface area contributed by atoms with E-state index < -0.39 is 14.1 Å². The van der Waals surface area contributed by atoms with E-state index in [-0.39, 0.29) is 85.8 Å². The maximum atomic E-state index is 9.46. The Hall–Kier alpha value is -0.663. The first-order chi connectivity index (χ1) is 27.4. The largest absolute Gasteiger partial charge is 0.417 e. The van der Waals surface area contributed by atoms with E-state index in [1.165, 1.54) is 29.3 Å². The molecule has 1 N–H and O–H groups in total. The van der Waals surface area contributed by atoms with Crippen LogP contribution in [0.2, 0.25) is 18.1 Å². The van der Waals surface area contributed by atoms with Gasteiger partial charge in [-0.1, -0.05) is 75.0 Å². The van der Waals surface area contributed by atoms with E-state index >= 15 is 0 Å². The third-order valence-corrected chi connectivity index (χ3v) is 20.8. The molecule has 326 valence electrons. The lowest BCUT2D eigenvalue weighted by molar-refractivity contribution is -0.263. The fourth-order valence-corrected chi connectivity index (χ4v) is 14.9. The smallest absolute Gasteiger partial charge is 0.191 e. The first kappa shape index (κ1) is 44.4. The summed E-state index contributed by atoms with van der Waals surface area (Å²) in [4.78, 5) is 0. The Labute approximate surface area is 346 Å². The second-order valence-corrected chi connectivity index (χ2v) is 24.5. The van der Waals surface area contributed by atoms with Crippen molar-refractivity contribution in [2.75, 3.05) is 13.2 Å². The molecule has 0 saturated carbocycles. The summed E-state index contributed by atoms with van der Waals surface area (Å²) in [7, 11) is -1.59. The van der Waals surface area contributed by atoms with E-state index in [4.69, 9.17) is 37.6 Å². The minimum Gasteiger partial charge on any atom is -0.417 e. The minimum absolute atomic E-state index is 0.0134. The Morgan fingerprint density at radius 3 is 2.23 bits per heavy atom. The molecule has 2 unspecified atom stereocenters. The van der Waals surface area contributed by atoms with Gasteiger partial charge < -0.3 is 42.7 Å². The number of hydrogen-bond acceptors (Lipinski definition) is 9. The molecule has 8 aliphatic rings. The average Bonchev–Trinajstić information content (AvgIpc) is 3.87. The molecule has 8 rings (SSSR count). The Morgan fingerprint density at radius 2 is 1.51 bits per heavy atom. The molecule has 10 heteroatoms. The van der Waals surface area contributed by atoms with Gasteiger partial charge in [-0.2, -0.15) is 0 Å². The Morgan fingerprint density at radius 1 is 0.789 bits per heavy atom. The van der Waals surface area contributed by atoms with Crippen LogP contribution < -0.4 is 0 Å². The summed E-state index contributed by atoms with van der Waals surface area (Å²) in [5.74, 6) is 1.49. The molecule has 8 fully saturated rings. The van der Waals surface area contributed by atoms with Gasteiger partial charge in [0.1, 0.15) is 18.3 Å². The molecule has 8 saturated heterocycles. The van der Waals surface area contributed by atoms with E-state index in [1.807, 2.05) is 0 Å². The molecule has 8 heterocycles. The van der Waals surface area contributed by atoms with Crippen LogP contribution in [0.25, 0.3) is 0 Å². The molecule has 0 spiro atoms.